The normalized spacial score (nSPS) is 27.3. The number of nitrogens with zero attached hydrogens (tertiary/aromatic N) is 2. The number of anilines is 1. The average molecular weight is 465 g/mol. The van der Waals surface area contributed by atoms with Gasteiger partial charge in [0, 0.05) is 12.0 Å². The van der Waals surface area contributed by atoms with Gasteiger partial charge in [-0.1, -0.05) is 66.2 Å². The van der Waals surface area contributed by atoms with Crippen molar-refractivity contribution in [3.63, 3.8) is 0 Å². The highest BCUT2D eigenvalue weighted by molar-refractivity contribution is 6.24. The Labute approximate surface area is 203 Å². The first-order valence-electron chi connectivity index (χ1n) is 11.9. The Kier molecular flexibility index (Phi) is 4.92. The summed E-state index contributed by atoms with van der Waals surface area (Å²) in [5, 5.41) is 0. The van der Waals surface area contributed by atoms with Crippen LogP contribution in [-0.4, -0.2) is 34.4 Å². The number of ketones is 1. The number of Topliss-reactive ketones (excluding diaryl/α,β-unsaturated/α-hetero) is 1. The summed E-state index contributed by atoms with van der Waals surface area (Å²) < 4.78 is 0. The Morgan fingerprint density at radius 3 is 2.00 bits per heavy atom. The summed E-state index contributed by atoms with van der Waals surface area (Å²) in [7, 11) is 0. The van der Waals surface area contributed by atoms with Gasteiger partial charge < -0.3 is 4.90 Å². The van der Waals surface area contributed by atoms with Gasteiger partial charge in [0.25, 0.3) is 5.91 Å². The number of amides is 3. The van der Waals surface area contributed by atoms with Crippen LogP contribution in [0.3, 0.4) is 0 Å². The highest BCUT2D eigenvalue weighted by Crippen LogP contribution is 2.55. The van der Waals surface area contributed by atoms with Gasteiger partial charge in [-0.05, 0) is 36.8 Å². The number of piperidine rings is 2. The van der Waals surface area contributed by atoms with Crippen molar-refractivity contribution in [1.29, 1.82) is 0 Å². The van der Waals surface area contributed by atoms with Crippen molar-refractivity contribution < 1.29 is 19.2 Å². The van der Waals surface area contributed by atoms with E-state index in [1.807, 2.05) is 55.5 Å². The van der Waals surface area contributed by atoms with Gasteiger partial charge in [-0.15, -0.1) is 0 Å². The van der Waals surface area contributed by atoms with Crippen LogP contribution in [0.15, 0.2) is 84.9 Å². The van der Waals surface area contributed by atoms with Gasteiger partial charge in [-0.3, -0.25) is 19.2 Å². The molecule has 3 aromatic carbocycles. The number of benzene rings is 3. The van der Waals surface area contributed by atoms with E-state index in [1.54, 1.807) is 41.3 Å². The van der Waals surface area contributed by atoms with E-state index in [0.717, 1.165) is 11.1 Å². The Bertz CT molecular complexity index is 1340. The molecule has 3 aliphatic heterocycles. The average Bonchev–Trinajstić information content (AvgIpc) is 3.15. The van der Waals surface area contributed by atoms with E-state index >= 15 is 0 Å². The molecule has 7 rings (SSSR count). The number of rotatable bonds is 3. The number of imide groups is 1. The maximum atomic E-state index is 13.9. The second-order valence-electron chi connectivity index (χ2n) is 9.60. The van der Waals surface area contributed by atoms with Crippen molar-refractivity contribution >= 4 is 29.2 Å². The quantitative estimate of drug-likeness (QED) is 0.550. The molecule has 1 aliphatic carbocycles. The fourth-order valence-electron chi connectivity index (χ4n) is 6.16. The minimum absolute atomic E-state index is 0.0610. The van der Waals surface area contributed by atoms with Crippen molar-refractivity contribution in [3.8, 4) is 0 Å². The Morgan fingerprint density at radius 1 is 0.743 bits per heavy atom. The third kappa shape index (κ3) is 3.16. The second kappa shape index (κ2) is 8.01. The van der Waals surface area contributed by atoms with Crippen molar-refractivity contribution in [2.75, 3.05) is 4.90 Å². The van der Waals surface area contributed by atoms with Crippen LogP contribution in [0.1, 0.15) is 33.9 Å². The number of hydrogen-bond donors (Lipinski definition) is 0. The second-order valence-corrected chi connectivity index (χ2v) is 9.60. The minimum Gasteiger partial charge on any atom is -0.327 e. The van der Waals surface area contributed by atoms with Gasteiger partial charge in [-0.2, -0.15) is 0 Å². The number of carbonyl (C=O) groups is 4. The molecule has 5 unspecified atom stereocenters. The number of aryl methyl sites for hydroxylation is 1. The van der Waals surface area contributed by atoms with E-state index in [1.165, 1.54) is 4.90 Å². The van der Waals surface area contributed by atoms with Crippen LogP contribution in [0.5, 0.6) is 0 Å². The fraction of sp³-hybridized carbons (Fsp3) is 0.241. The number of hydrogen-bond acceptors (Lipinski definition) is 4. The van der Waals surface area contributed by atoms with Crippen LogP contribution in [0.4, 0.5) is 5.69 Å². The molecule has 0 spiro atoms. The highest BCUT2D eigenvalue weighted by Gasteiger charge is 2.67. The summed E-state index contributed by atoms with van der Waals surface area (Å²) in [4.78, 5) is 57.7. The minimum atomic E-state index is -0.777. The summed E-state index contributed by atoms with van der Waals surface area (Å²) in [6.45, 7) is 1.95. The lowest BCUT2D eigenvalue weighted by atomic mass is 9.60. The Hall–Kier alpha value is -4.06. The van der Waals surface area contributed by atoms with Crippen molar-refractivity contribution in [2.24, 2.45) is 17.8 Å². The van der Waals surface area contributed by atoms with Crippen LogP contribution in [-0.2, 0) is 14.4 Å². The Balaban J connectivity index is 1.50. The monoisotopic (exact) mass is 464 g/mol. The number of carbonyl (C=O) groups excluding carboxylic acids is 4. The molecule has 3 saturated heterocycles. The van der Waals surface area contributed by atoms with E-state index in [0.29, 0.717) is 11.3 Å². The van der Waals surface area contributed by atoms with Crippen LogP contribution < -0.4 is 4.90 Å². The molecule has 4 aliphatic rings. The first-order chi connectivity index (χ1) is 17.0. The topological polar surface area (TPSA) is 74.8 Å². The van der Waals surface area contributed by atoms with Crippen molar-refractivity contribution in [2.45, 2.75) is 25.4 Å². The maximum absolute atomic E-state index is 13.9. The maximum Gasteiger partial charge on any atom is 0.254 e. The van der Waals surface area contributed by atoms with E-state index in [9.17, 15) is 19.2 Å². The van der Waals surface area contributed by atoms with Gasteiger partial charge in [0.05, 0.1) is 35.5 Å². The standard InChI is InChI=1S/C29H24N2O4/c1-17-12-14-19(15-13-17)27(33)31-21-16-22(32)24(26(31)18-8-4-2-5-9-18)25-23(21)28(34)30(29(25)35)20-10-6-3-7-11-20/h2-15,21,23-26H,16H2,1H3. The molecule has 4 fully saturated rings. The van der Waals surface area contributed by atoms with Crippen LogP contribution >= 0.6 is 0 Å². The van der Waals surface area contributed by atoms with Gasteiger partial charge in [0.2, 0.25) is 11.8 Å². The first kappa shape index (κ1) is 21.5. The molecule has 6 heteroatoms. The molecular weight excluding hydrogens is 440 g/mol. The molecule has 0 N–H and O–H groups in total. The molecule has 5 atom stereocenters. The van der Waals surface area contributed by atoms with E-state index < -0.39 is 29.8 Å². The molecule has 3 amide bonds. The zero-order valence-electron chi connectivity index (χ0n) is 19.2. The van der Waals surface area contributed by atoms with Gasteiger partial charge >= 0.3 is 0 Å². The van der Waals surface area contributed by atoms with E-state index in [4.69, 9.17) is 0 Å². The van der Waals surface area contributed by atoms with Crippen LogP contribution in [0, 0.1) is 24.7 Å². The fourth-order valence-corrected chi connectivity index (χ4v) is 6.16. The van der Waals surface area contributed by atoms with Crippen LogP contribution in [0.25, 0.3) is 0 Å². The summed E-state index contributed by atoms with van der Waals surface area (Å²) in [5.41, 5.74) is 2.83. The van der Waals surface area contributed by atoms with Crippen molar-refractivity contribution in [3.05, 3.63) is 102 Å². The molecule has 0 radical (unpaired) electrons. The third-order valence-corrected chi connectivity index (χ3v) is 7.67. The van der Waals surface area contributed by atoms with E-state index in [2.05, 4.69) is 0 Å². The largest absolute Gasteiger partial charge is 0.327 e. The lowest BCUT2D eigenvalue weighted by Crippen LogP contribution is -2.64. The lowest BCUT2D eigenvalue weighted by Gasteiger charge is -2.54. The van der Waals surface area contributed by atoms with Gasteiger partial charge in [-0.25, -0.2) is 4.90 Å². The van der Waals surface area contributed by atoms with Gasteiger partial charge in [0.1, 0.15) is 5.78 Å². The summed E-state index contributed by atoms with van der Waals surface area (Å²) in [6.07, 6.45) is 0.0778. The smallest absolute Gasteiger partial charge is 0.254 e. The zero-order valence-corrected chi connectivity index (χ0v) is 19.2. The molecule has 3 aromatic rings. The SMILES string of the molecule is Cc1ccc(C(=O)N2C3CC(=O)C(C4C(=O)N(c5ccccc5)C(=O)C43)C2c2ccccc2)cc1. The molecule has 1 saturated carbocycles. The molecule has 3 heterocycles. The number of para-hydroxylation sites is 1. The highest BCUT2D eigenvalue weighted by atomic mass is 16.2. The molecule has 35 heavy (non-hydrogen) atoms. The van der Waals surface area contributed by atoms with Crippen molar-refractivity contribution in [1.82, 2.24) is 4.90 Å². The molecule has 2 bridgehead atoms. The molecule has 174 valence electrons. The number of fused-ring (bicyclic) bond motifs is 2. The lowest BCUT2D eigenvalue weighted by molar-refractivity contribution is -0.153. The molecule has 6 nitrogen and oxygen atoms in total. The zero-order chi connectivity index (χ0) is 24.3. The third-order valence-electron chi connectivity index (χ3n) is 7.67. The van der Waals surface area contributed by atoms with E-state index in [-0.39, 0.29) is 29.9 Å². The predicted octanol–water partition coefficient (Wildman–Crippen LogP) is 3.96. The summed E-state index contributed by atoms with van der Waals surface area (Å²) in [6, 6.07) is 24.2. The van der Waals surface area contributed by atoms with Crippen LogP contribution in [0.2, 0.25) is 0 Å². The first-order valence-corrected chi connectivity index (χ1v) is 11.9. The Morgan fingerprint density at radius 2 is 1.34 bits per heavy atom. The summed E-state index contributed by atoms with van der Waals surface area (Å²) >= 11 is 0. The molecular formula is C29H24N2O4. The predicted molar refractivity (Wildman–Crippen MR) is 129 cm³/mol. The van der Waals surface area contributed by atoms with Gasteiger partial charge in [0.15, 0.2) is 0 Å². The summed E-state index contributed by atoms with van der Waals surface area (Å²) in [5.74, 6) is -3.25. The molecule has 0 aromatic heterocycles.